The van der Waals surface area contributed by atoms with E-state index >= 15 is 0 Å². The Hall–Kier alpha value is -2.96. The predicted molar refractivity (Wildman–Crippen MR) is 144 cm³/mol. The van der Waals surface area contributed by atoms with Gasteiger partial charge in [0, 0.05) is 5.92 Å². The molecule has 7 atom stereocenters. The highest BCUT2D eigenvalue weighted by Gasteiger charge is 2.59. The molecule has 38 heavy (non-hydrogen) atoms. The largest absolute Gasteiger partial charge is 0.479 e. The number of hydrogen-bond donors (Lipinski definition) is 2. The van der Waals surface area contributed by atoms with Gasteiger partial charge in [-0.2, -0.15) is 0 Å². The van der Waals surface area contributed by atoms with Crippen molar-refractivity contribution in [3.8, 4) is 0 Å². The molecule has 0 bridgehead atoms. The maximum absolute atomic E-state index is 12.4. The summed E-state index contributed by atoms with van der Waals surface area (Å²) < 4.78 is 0. The van der Waals surface area contributed by atoms with Gasteiger partial charge in [-0.1, -0.05) is 54.9 Å². The van der Waals surface area contributed by atoms with Gasteiger partial charge >= 0.3 is 5.97 Å². The number of hydrogen-bond acceptors (Lipinski definition) is 5. The number of ketones is 1. The minimum atomic E-state index is -1.13. The first-order valence-corrected chi connectivity index (χ1v) is 14.1. The minimum Gasteiger partial charge on any atom is -0.479 e. The number of nitrogens with zero attached hydrogens (tertiary/aromatic N) is 1. The number of carboxylic acid groups (broad SMARTS) is 1. The van der Waals surface area contributed by atoms with E-state index < -0.39 is 17.9 Å². The average molecular weight is 521 g/mol. The van der Waals surface area contributed by atoms with Gasteiger partial charge in [0.2, 0.25) is 0 Å². The summed E-state index contributed by atoms with van der Waals surface area (Å²) in [5, 5.41) is 16.3. The van der Waals surface area contributed by atoms with Crippen LogP contribution < -0.4 is 5.32 Å². The number of fused-ring (bicyclic) bond motifs is 5. The molecule has 1 aromatic rings. The maximum atomic E-state index is 12.4. The van der Waals surface area contributed by atoms with Crippen LogP contribution in [0.25, 0.3) is 0 Å². The third kappa shape index (κ3) is 4.69. The first-order chi connectivity index (χ1) is 18.1. The lowest BCUT2D eigenvalue weighted by Gasteiger charge is -2.58. The SMILES string of the molecule is CC(=O)[C@H]1CC[C@H]2[C@@H]3CCC4=C/C(=N\OCC(=O)N[C@H](C(=O)O)c5ccccc5)CC[C@]4(C)[C@H]3CC[C@]12C. The molecule has 3 fully saturated rings. The molecule has 204 valence electrons. The molecule has 7 heteroatoms. The summed E-state index contributed by atoms with van der Waals surface area (Å²) in [7, 11) is 0. The van der Waals surface area contributed by atoms with Gasteiger partial charge in [-0.3, -0.25) is 9.59 Å². The van der Waals surface area contributed by atoms with E-state index in [1.165, 1.54) is 24.8 Å². The lowest BCUT2D eigenvalue weighted by atomic mass is 9.46. The Kier molecular flexibility index (Phi) is 7.23. The van der Waals surface area contributed by atoms with Crippen LogP contribution in [0.5, 0.6) is 0 Å². The lowest BCUT2D eigenvalue weighted by molar-refractivity contribution is -0.142. The van der Waals surface area contributed by atoms with Gasteiger partial charge < -0.3 is 15.3 Å². The fourth-order valence-electron chi connectivity index (χ4n) is 8.62. The van der Waals surface area contributed by atoms with Gasteiger partial charge in [-0.05, 0) is 98.5 Å². The molecule has 4 aliphatic rings. The van der Waals surface area contributed by atoms with Crippen molar-refractivity contribution in [2.45, 2.75) is 78.2 Å². The first kappa shape index (κ1) is 26.6. The van der Waals surface area contributed by atoms with Crippen LogP contribution in [0.1, 0.15) is 83.7 Å². The van der Waals surface area contributed by atoms with Gasteiger partial charge in [0.15, 0.2) is 12.6 Å². The molecule has 7 nitrogen and oxygen atoms in total. The van der Waals surface area contributed by atoms with Crippen LogP contribution in [0.2, 0.25) is 0 Å². The molecule has 0 spiro atoms. The highest BCUT2D eigenvalue weighted by molar-refractivity contribution is 5.96. The van der Waals surface area contributed by atoms with E-state index in [4.69, 9.17) is 4.84 Å². The Balaban J connectivity index is 1.22. The summed E-state index contributed by atoms with van der Waals surface area (Å²) >= 11 is 0. The zero-order valence-electron chi connectivity index (χ0n) is 22.7. The molecule has 2 N–H and O–H groups in total. The minimum absolute atomic E-state index is 0.152. The monoisotopic (exact) mass is 520 g/mol. The van der Waals surface area contributed by atoms with Gasteiger partial charge in [0.1, 0.15) is 5.78 Å². The molecule has 0 aromatic heterocycles. The summed E-state index contributed by atoms with van der Waals surface area (Å²) in [6, 6.07) is 7.47. The van der Waals surface area contributed by atoms with Crippen molar-refractivity contribution in [3.63, 3.8) is 0 Å². The van der Waals surface area contributed by atoms with E-state index in [2.05, 4.69) is 30.4 Å². The molecule has 0 radical (unpaired) electrons. The normalized spacial score (nSPS) is 35.8. The first-order valence-electron chi connectivity index (χ1n) is 14.1. The fraction of sp³-hybridized carbons (Fsp3) is 0.613. The van der Waals surface area contributed by atoms with Gasteiger partial charge in [-0.15, -0.1) is 0 Å². The second-order valence-electron chi connectivity index (χ2n) is 12.4. The Morgan fingerprint density at radius 1 is 1.05 bits per heavy atom. The number of benzene rings is 1. The number of carbonyl (C=O) groups is 3. The maximum Gasteiger partial charge on any atom is 0.330 e. The van der Waals surface area contributed by atoms with Gasteiger partial charge in [-0.25, -0.2) is 4.79 Å². The van der Waals surface area contributed by atoms with E-state index in [9.17, 15) is 19.5 Å². The average Bonchev–Trinajstić information content (AvgIpc) is 3.25. The molecular weight excluding hydrogens is 480 g/mol. The van der Waals surface area contributed by atoms with Crippen molar-refractivity contribution in [1.82, 2.24) is 5.32 Å². The van der Waals surface area contributed by atoms with Crippen molar-refractivity contribution >= 4 is 23.4 Å². The number of carbonyl (C=O) groups excluding carboxylic acids is 2. The highest BCUT2D eigenvalue weighted by atomic mass is 16.6. The molecular formula is C31H40N2O5. The molecule has 0 unspecified atom stereocenters. The van der Waals surface area contributed by atoms with Gasteiger partial charge in [0.25, 0.3) is 5.91 Å². The smallest absolute Gasteiger partial charge is 0.330 e. The Labute approximate surface area is 225 Å². The second kappa shape index (κ2) is 10.3. The number of aliphatic carboxylic acids is 1. The van der Waals surface area contributed by atoms with E-state index in [0.29, 0.717) is 29.1 Å². The van der Waals surface area contributed by atoms with E-state index in [1.807, 2.05) is 0 Å². The zero-order chi connectivity index (χ0) is 27.1. The zero-order valence-corrected chi connectivity index (χ0v) is 22.7. The Bertz CT molecular complexity index is 1160. The van der Waals surface area contributed by atoms with Crippen molar-refractivity contribution in [3.05, 3.63) is 47.5 Å². The quantitative estimate of drug-likeness (QED) is 0.464. The number of nitrogens with one attached hydrogen (secondary N) is 1. The van der Waals surface area contributed by atoms with Gasteiger partial charge in [0.05, 0.1) is 5.71 Å². The third-order valence-corrected chi connectivity index (χ3v) is 10.5. The molecule has 3 saturated carbocycles. The standard InChI is InChI=1S/C31H40N2O5/c1-19(34)24-11-12-25-23-10-9-21-17-22(13-15-30(21,2)26(23)14-16-31(24,25)3)33-38-18-27(35)32-28(29(36)37)20-7-5-4-6-8-20/h4-8,17,23-26,28H,9-16,18H2,1-3H3,(H,32,35)(H,36,37)/b33-22-/t23-,24+,25-,26-,28-,30-,31+/m0/s1. The number of rotatable bonds is 7. The van der Waals surface area contributed by atoms with Crippen LogP contribution in [0.3, 0.4) is 0 Å². The predicted octanol–water partition coefficient (Wildman–Crippen LogP) is 5.47. The van der Waals surface area contributed by atoms with Crippen LogP contribution in [-0.2, 0) is 19.2 Å². The molecule has 5 rings (SSSR count). The molecule has 0 heterocycles. The van der Waals surface area contributed by atoms with E-state index in [0.717, 1.165) is 37.8 Å². The Morgan fingerprint density at radius 3 is 2.53 bits per heavy atom. The number of carboxylic acids is 1. The van der Waals surface area contributed by atoms with E-state index in [-0.39, 0.29) is 23.4 Å². The summed E-state index contributed by atoms with van der Waals surface area (Å²) in [6.07, 6.45) is 10.8. The van der Waals surface area contributed by atoms with Crippen molar-refractivity contribution < 1.29 is 24.3 Å². The van der Waals surface area contributed by atoms with Crippen LogP contribution in [0, 0.1) is 34.5 Å². The highest BCUT2D eigenvalue weighted by Crippen LogP contribution is 2.66. The third-order valence-electron chi connectivity index (χ3n) is 10.5. The number of oxime groups is 1. The number of amides is 1. The molecule has 0 saturated heterocycles. The number of allylic oxidation sites excluding steroid dienone is 2. The van der Waals surface area contributed by atoms with Crippen LogP contribution in [0.4, 0.5) is 0 Å². The molecule has 0 aliphatic heterocycles. The topological polar surface area (TPSA) is 105 Å². The van der Waals surface area contributed by atoms with Crippen LogP contribution in [0.15, 0.2) is 47.1 Å². The molecule has 1 amide bonds. The summed E-state index contributed by atoms with van der Waals surface area (Å²) in [6.45, 7) is 6.27. The summed E-state index contributed by atoms with van der Waals surface area (Å²) in [5.41, 5.74) is 3.11. The summed E-state index contributed by atoms with van der Waals surface area (Å²) in [4.78, 5) is 41.8. The van der Waals surface area contributed by atoms with Crippen molar-refractivity contribution in [2.75, 3.05) is 6.61 Å². The van der Waals surface area contributed by atoms with Crippen molar-refractivity contribution in [1.29, 1.82) is 0 Å². The Morgan fingerprint density at radius 2 is 1.82 bits per heavy atom. The second-order valence-corrected chi connectivity index (χ2v) is 12.4. The molecule has 1 aromatic carbocycles. The van der Waals surface area contributed by atoms with E-state index in [1.54, 1.807) is 37.3 Å². The summed E-state index contributed by atoms with van der Waals surface area (Å²) in [5.74, 6) is 0.940. The van der Waals surface area contributed by atoms with Crippen LogP contribution >= 0.6 is 0 Å². The molecule has 4 aliphatic carbocycles. The van der Waals surface area contributed by atoms with Crippen LogP contribution in [-0.4, -0.2) is 35.1 Å². The number of Topliss-reactive ketones (excluding diaryl/α,β-unsaturated/α-hetero) is 1. The lowest BCUT2D eigenvalue weighted by Crippen LogP contribution is -2.51. The fourth-order valence-corrected chi connectivity index (χ4v) is 8.62. The van der Waals surface area contributed by atoms with Crippen molar-refractivity contribution in [2.24, 2.45) is 39.7 Å².